The van der Waals surface area contributed by atoms with E-state index in [0.717, 1.165) is 11.1 Å². The van der Waals surface area contributed by atoms with Gasteiger partial charge in [-0.2, -0.15) is 0 Å². The quantitative estimate of drug-likeness (QED) is 0.770. The van der Waals surface area contributed by atoms with Crippen molar-refractivity contribution in [1.82, 2.24) is 5.16 Å². The highest BCUT2D eigenvalue weighted by Gasteiger charge is 2.19. The molecule has 0 atom stereocenters. The van der Waals surface area contributed by atoms with Gasteiger partial charge in [0.05, 0.1) is 6.20 Å². The van der Waals surface area contributed by atoms with E-state index in [9.17, 15) is 4.79 Å². The lowest BCUT2D eigenvalue weighted by molar-refractivity contribution is -0.116. The van der Waals surface area contributed by atoms with E-state index >= 15 is 0 Å². The Morgan fingerprint density at radius 3 is 2.09 bits per heavy atom. The molecule has 0 aliphatic carbocycles. The maximum Gasteiger partial charge on any atom is 0.225 e. The summed E-state index contributed by atoms with van der Waals surface area (Å²) in [5.41, 5.74) is 2.86. The minimum absolute atomic E-state index is 0.0116. The molecule has 0 aliphatic heterocycles. The molecule has 0 saturated heterocycles. The lowest BCUT2D eigenvalue weighted by atomic mass is 9.88. The van der Waals surface area contributed by atoms with E-state index in [0.29, 0.717) is 17.9 Å². The Bertz CT molecular complexity index is 727. The number of carbonyl (C=O) groups is 1. The molecule has 4 nitrogen and oxygen atoms in total. The second kappa shape index (κ2) is 6.92. The predicted molar refractivity (Wildman–Crippen MR) is 89.2 cm³/mol. The molecular formula is C19H18N2O2. The van der Waals surface area contributed by atoms with Crippen LogP contribution in [0, 0.1) is 6.92 Å². The average molecular weight is 306 g/mol. The molecule has 0 spiro atoms. The van der Waals surface area contributed by atoms with Gasteiger partial charge in [-0.3, -0.25) is 4.79 Å². The fourth-order valence-corrected chi connectivity index (χ4v) is 2.60. The largest absolute Gasteiger partial charge is 0.359 e. The van der Waals surface area contributed by atoms with Crippen molar-refractivity contribution < 1.29 is 9.32 Å². The lowest BCUT2D eigenvalue weighted by Gasteiger charge is -2.17. The lowest BCUT2D eigenvalue weighted by Crippen LogP contribution is -2.16. The van der Waals surface area contributed by atoms with E-state index in [1.165, 1.54) is 6.20 Å². The van der Waals surface area contributed by atoms with Gasteiger partial charge in [-0.25, -0.2) is 0 Å². The van der Waals surface area contributed by atoms with Crippen LogP contribution in [0.3, 0.4) is 0 Å². The van der Waals surface area contributed by atoms with E-state index in [-0.39, 0.29) is 11.8 Å². The monoisotopic (exact) mass is 306 g/mol. The zero-order valence-electron chi connectivity index (χ0n) is 12.9. The van der Waals surface area contributed by atoms with Crippen LogP contribution in [0.1, 0.15) is 29.2 Å². The number of amides is 1. The van der Waals surface area contributed by atoms with Crippen LogP contribution in [-0.2, 0) is 4.79 Å². The first-order chi connectivity index (χ1) is 11.2. The maximum absolute atomic E-state index is 12.4. The molecule has 0 unspecified atom stereocenters. The van der Waals surface area contributed by atoms with E-state index in [2.05, 4.69) is 34.7 Å². The summed E-state index contributed by atoms with van der Waals surface area (Å²) in [6, 6.07) is 20.1. The van der Waals surface area contributed by atoms with Gasteiger partial charge in [0.15, 0.2) is 5.76 Å². The van der Waals surface area contributed by atoms with Gasteiger partial charge in [0.2, 0.25) is 5.91 Å². The molecule has 2 aromatic carbocycles. The van der Waals surface area contributed by atoms with Crippen molar-refractivity contribution in [1.29, 1.82) is 0 Å². The number of hydrogen-bond donors (Lipinski definition) is 1. The minimum Gasteiger partial charge on any atom is -0.359 e. The van der Waals surface area contributed by atoms with Crippen LogP contribution in [0.5, 0.6) is 0 Å². The van der Waals surface area contributed by atoms with Gasteiger partial charge in [0, 0.05) is 12.3 Å². The molecule has 1 N–H and O–H groups in total. The van der Waals surface area contributed by atoms with Crippen molar-refractivity contribution in [2.75, 3.05) is 5.32 Å². The number of anilines is 1. The molecule has 0 aliphatic rings. The number of aryl methyl sites for hydroxylation is 1. The molecule has 1 heterocycles. The maximum atomic E-state index is 12.4. The Labute approximate surface area is 135 Å². The summed E-state index contributed by atoms with van der Waals surface area (Å²) in [6.45, 7) is 1.77. The Morgan fingerprint density at radius 1 is 1.04 bits per heavy atom. The number of nitrogens with zero attached hydrogens (tertiary/aromatic N) is 1. The van der Waals surface area contributed by atoms with E-state index in [1.54, 1.807) is 6.92 Å². The molecule has 116 valence electrons. The number of hydrogen-bond acceptors (Lipinski definition) is 3. The summed E-state index contributed by atoms with van der Waals surface area (Å²) in [5, 5.41) is 6.55. The number of rotatable bonds is 5. The van der Waals surface area contributed by atoms with Crippen LogP contribution in [0.2, 0.25) is 0 Å². The Balaban J connectivity index is 1.82. The van der Waals surface area contributed by atoms with Crippen molar-refractivity contribution in [2.45, 2.75) is 19.3 Å². The molecule has 1 amide bonds. The summed E-state index contributed by atoms with van der Waals surface area (Å²) in [5.74, 6) is 0.556. The molecule has 0 fully saturated rings. The van der Waals surface area contributed by atoms with Crippen LogP contribution in [0.15, 0.2) is 71.4 Å². The fraction of sp³-hybridized carbons (Fsp3) is 0.158. The van der Waals surface area contributed by atoms with Gasteiger partial charge < -0.3 is 9.84 Å². The zero-order chi connectivity index (χ0) is 16.1. The molecule has 3 rings (SSSR count). The third-order valence-electron chi connectivity index (χ3n) is 3.82. The molecular weight excluding hydrogens is 288 g/mol. The van der Waals surface area contributed by atoms with Crippen molar-refractivity contribution in [3.8, 4) is 0 Å². The second-order valence-electron chi connectivity index (χ2n) is 5.42. The first kappa shape index (κ1) is 15.0. The van der Waals surface area contributed by atoms with Gasteiger partial charge in [-0.15, -0.1) is 0 Å². The molecule has 0 radical (unpaired) electrons. The normalized spacial score (nSPS) is 10.7. The third-order valence-corrected chi connectivity index (χ3v) is 3.82. The number of nitrogens with one attached hydrogen (secondary N) is 1. The van der Waals surface area contributed by atoms with Gasteiger partial charge in [-0.05, 0) is 18.1 Å². The van der Waals surface area contributed by atoms with E-state index in [4.69, 9.17) is 4.52 Å². The molecule has 0 bridgehead atoms. The van der Waals surface area contributed by atoms with E-state index in [1.807, 2.05) is 36.4 Å². The Morgan fingerprint density at radius 2 is 1.61 bits per heavy atom. The highest BCUT2D eigenvalue weighted by atomic mass is 16.5. The van der Waals surface area contributed by atoms with Crippen LogP contribution in [-0.4, -0.2) is 11.1 Å². The van der Waals surface area contributed by atoms with Crippen molar-refractivity contribution in [3.63, 3.8) is 0 Å². The zero-order valence-corrected chi connectivity index (χ0v) is 12.9. The van der Waals surface area contributed by atoms with Gasteiger partial charge in [0.1, 0.15) is 5.69 Å². The second-order valence-corrected chi connectivity index (χ2v) is 5.42. The predicted octanol–water partition coefficient (Wildman–Crippen LogP) is 4.14. The molecule has 23 heavy (non-hydrogen) atoms. The van der Waals surface area contributed by atoms with E-state index < -0.39 is 0 Å². The van der Waals surface area contributed by atoms with Gasteiger partial charge >= 0.3 is 0 Å². The highest BCUT2D eigenvalue weighted by Crippen LogP contribution is 2.28. The van der Waals surface area contributed by atoms with Crippen LogP contribution >= 0.6 is 0 Å². The first-order valence-corrected chi connectivity index (χ1v) is 7.55. The first-order valence-electron chi connectivity index (χ1n) is 7.55. The molecule has 4 heteroatoms. The summed E-state index contributed by atoms with van der Waals surface area (Å²) >= 11 is 0. The Hall–Kier alpha value is -2.88. The molecule has 1 aromatic heterocycles. The van der Waals surface area contributed by atoms with Gasteiger partial charge in [0.25, 0.3) is 0 Å². The number of benzene rings is 2. The number of carbonyl (C=O) groups excluding carboxylic acids is 1. The van der Waals surface area contributed by atoms with Gasteiger partial charge in [-0.1, -0.05) is 65.8 Å². The average Bonchev–Trinajstić information content (AvgIpc) is 2.99. The SMILES string of the molecule is Cc1oncc1NC(=O)CC(c1ccccc1)c1ccccc1. The smallest absolute Gasteiger partial charge is 0.225 e. The minimum atomic E-state index is -0.0611. The highest BCUT2D eigenvalue weighted by molar-refractivity contribution is 5.91. The van der Waals surface area contributed by atoms with Crippen molar-refractivity contribution in [3.05, 3.63) is 83.7 Å². The fourth-order valence-electron chi connectivity index (χ4n) is 2.60. The summed E-state index contributed by atoms with van der Waals surface area (Å²) < 4.78 is 4.97. The topological polar surface area (TPSA) is 55.1 Å². The standard InChI is InChI=1S/C19H18N2O2/c1-14-18(13-20-23-14)21-19(22)12-17(15-8-4-2-5-9-15)16-10-6-3-7-11-16/h2-11,13,17H,12H2,1H3,(H,21,22). The van der Waals surface area contributed by atoms with Crippen molar-refractivity contribution in [2.24, 2.45) is 0 Å². The Kier molecular flexibility index (Phi) is 4.52. The third kappa shape index (κ3) is 3.66. The summed E-state index contributed by atoms with van der Waals surface area (Å²) in [6.07, 6.45) is 1.88. The molecule has 0 saturated carbocycles. The number of aromatic nitrogens is 1. The molecule has 3 aromatic rings. The van der Waals surface area contributed by atoms with Crippen LogP contribution < -0.4 is 5.32 Å². The van der Waals surface area contributed by atoms with Crippen LogP contribution in [0.25, 0.3) is 0 Å². The summed E-state index contributed by atoms with van der Waals surface area (Å²) in [7, 11) is 0. The summed E-state index contributed by atoms with van der Waals surface area (Å²) in [4.78, 5) is 12.4. The van der Waals surface area contributed by atoms with Crippen molar-refractivity contribution >= 4 is 11.6 Å². The van der Waals surface area contributed by atoms with Crippen LogP contribution in [0.4, 0.5) is 5.69 Å².